The van der Waals surface area contributed by atoms with Crippen molar-refractivity contribution in [1.82, 2.24) is 5.43 Å². The second-order valence-corrected chi connectivity index (χ2v) is 6.74. The van der Waals surface area contributed by atoms with Gasteiger partial charge in [0.05, 0.1) is 13.0 Å². The number of nitrogens with one attached hydrogen (secondary N) is 3. The number of carbonyl (C=O) groups excluding carboxylic acids is 3. The average molecular weight is 431 g/mol. The Labute approximate surface area is 179 Å². The lowest BCUT2D eigenvalue weighted by molar-refractivity contribution is -0.136. The Morgan fingerprint density at radius 3 is 2.40 bits per heavy atom. The van der Waals surface area contributed by atoms with E-state index in [-0.39, 0.29) is 12.3 Å². The minimum atomic E-state index is -0.958. The molecule has 0 heterocycles. The second kappa shape index (κ2) is 11.0. The molecule has 0 unspecified atom stereocenters. The highest BCUT2D eigenvalue weighted by atomic mass is 35.5. The van der Waals surface area contributed by atoms with Crippen LogP contribution in [0.5, 0.6) is 5.75 Å². The molecule has 0 saturated carbocycles. The van der Waals surface area contributed by atoms with Crippen LogP contribution in [0, 0.1) is 6.92 Å². The van der Waals surface area contributed by atoms with Gasteiger partial charge in [0.25, 0.3) is 0 Å². The third kappa shape index (κ3) is 6.89. The van der Waals surface area contributed by atoms with E-state index in [1.807, 2.05) is 6.92 Å². The summed E-state index contributed by atoms with van der Waals surface area (Å²) in [4.78, 5) is 36.0. The van der Waals surface area contributed by atoms with E-state index in [4.69, 9.17) is 16.3 Å². The van der Waals surface area contributed by atoms with Crippen molar-refractivity contribution in [3.8, 4) is 5.75 Å². The lowest BCUT2D eigenvalue weighted by Crippen LogP contribution is -2.33. The number of hydrazone groups is 1. The van der Waals surface area contributed by atoms with E-state index in [1.54, 1.807) is 56.3 Å². The first kappa shape index (κ1) is 22.9. The quantitative estimate of drug-likeness (QED) is 0.354. The van der Waals surface area contributed by atoms with Crippen molar-refractivity contribution in [3.05, 3.63) is 53.1 Å². The van der Waals surface area contributed by atoms with Gasteiger partial charge in [-0.3, -0.25) is 14.4 Å². The van der Waals surface area contributed by atoms with Gasteiger partial charge in [0.15, 0.2) is 0 Å². The van der Waals surface area contributed by atoms with Crippen LogP contribution in [0.3, 0.4) is 0 Å². The first-order valence-electron chi connectivity index (χ1n) is 9.22. The summed E-state index contributed by atoms with van der Waals surface area (Å²) in [5, 5.41) is 9.45. The van der Waals surface area contributed by atoms with Crippen molar-refractivity contribution >= 4 is 46.4 Å². The number of anilines is 2. The van der Waals surface area contributed by atoms with Crippen LogP contribution in [0.25, 0.3) is 0 Å². The molecule has 0 aliphatic carbocycles. The molecular formula is C21H23ClN4O4. The predicted molar refractivity (Wildman–Crippen MR) is 117 cm³/mol. The number of hydrogen-bond donors (Lipinski definition) is 3. The maximum Gasteiger partial charge on any atom is 0.329 e. The highest BCUT2D eigenvalue weighted by molar-refractivity contribution is 6.40. The fourth-order valence-electron chi connectivity index (χ4n) is 2.40. The van der Waals surface area contributed by atoms with Gasteiger partial charge >= 0.3 is 11.8 Å². The first-order valence-corrected chi connectivity index (χ1v) is 9.60. The molecule has 2 aromatic rings. The summed E-state index contributed by atoms with van der Waals surface area (Å²) in [6, 6.07) is 11.9. The standard InChI is InChI=1S/C21H23ClN4O4/c1-4-30-16-10-8-15(9-11-16)23-19(27)12-13(2)25-26-21(29)20(28)24-18-7-5-6-17(22)14(18)3/h5-11H,4,12H2,1-3H3,(H,23,27)(H,24,28)(H,26,29)/b25-13+. The lowest BCUT2D eigenvalue weighted by atomic mass is 10.2. The zero-order chi connectivity index (χ0) is 22.1. The van der Waals surface area contributed by atoms with E-state index in [0.29, 0.717) is 40.0 Å². The van der Waals surface area contributed by atoms with Crippen LogP contribution >= 0.6 is 11.6 Å². The van der Waals surface area contributed by atoms with Crippen molar-refractivity contribution in [1.29, 1.82) is 0 Å². The number of carbonyl (C=O) groups is 3. The van der Waals surface area contributed by atoms with Crippen molar-refractivity contribution in [2.24, 2.45) is 5.10 Å². The smallest absolute Gasteiger partial charge is 0.329 e. The first-order chi connectivity index (χ1) is 14.3. The van der Waals surface area contributed by atoms with E-state index in [0.717, 1.165) is 0 Å². The zero-order valence-electron chi connectivity index (χ0n) is 16.9. The van der Waals surface area contributed by atoms with E-state index >= 15 is 0 Å². The van der Waals surface area contributed by atoms with Gasteiger partial charge in [-0.15, -0.1) is 0 Å². The van der Waals surface area contributed by atoms with Gasteiger partial charge in [-0.25, -0.2) is 5.43 Å². The Bertz CT molecular complexity index is 958. The fraction of sp³-hybridized carbons (Fsp3) is 0.238. The highest BCUT2D eigenvalue weighted by Gasteiger charge is 2.15. The third-order valence-electron chi connectivity index (χ3n) is 3.94. The summed E-state index contributed by atoms with van der Waals surface area (Å²) in [6.45, 7) is 5.74. The Hall–Kier alpha value is -3.39. The van der Waals surface area contributed by atoms with Crippen molar-refractivity contribution in [2.45, 2.75) is 27.2 Å². The molecule has 0 radical (unpaired) electrons. The second-order valence-electron chi connectivity index (χ2n) is 6.34. The van der Waals surface area contributed by atoms with Crippen molar-refractivity contribution < 1.29 is 19.1 Å². The molecule has 30 heavy (non-hydrogen) atoms. The van der Waals surface area contributed by atoms with Crippen LogP contribution in [0.15, 0.2) is 47.6 Å². The van der Waals surface area contributed by atoms with Gasteiger partial charge in [-0.1, -0.05) is 17.7 Å². The molecule has 0 bridgehead atoms. The summed E-state index contributed by atoms with van der Waals surface area (Å²) in [7, 11) is 0. The molecule has 2 aromatic carbocycles. The lowest BCUT2D eigenvalue weighted by Gasteiger charge is -2.09. The van der Waals surface area contributed by atoms with Gasteiger partial charge in [0.1, 0.15) is 5.75 Å². The van der Waals surface area contributed by atoms with E-state index in [2.05, 4.69) is 21.2 Å². The summed E-state index contributed by atoms with van der Waals surface area (Å²) in [6.07, 6.45) is -0.0531. The normalized spacial score (nSPS) is 10.9. The monoisotopic (exact) mass is 430 g/mol. The molecule has 0 aliphatic heterocycles. The van der Waals surface area contributed by atoms with E-state index < -0.39 is 11.8 Å². The molecular weight excluding hydrogens is 408 g/mol. The predicted octanol–water partition coefficient (Wildman–Crippen LogP) is 3.51. The SMILES string of the molecule is CCOc1ccc(NC(=O)C/C(C)=N/NC(=O)C(=O)Nc2cccc(Cl)c2C)cc1. The van der Waals surface area contributed by atoms with E-state index in [1.165, 1.54) is 0 Å². The van der Waals surface area contributed by atoms with Crippen LogP contribution in [-0.4, -0.2) is 30.0 Å². The molecule has 0 atom stereocenters. The maximum atomic E-state index is 12.1. The number of ether oxygens (including phenoxy) is 1. The highest BCUT2D eigenvalue weighted by Crippen LogP contribution is 2.22. The Morgan fingerprint density at radius 1 is 1.03 bits per heavy atom. The Kier molecular flexibility index (Phi) is 8.37. The van der Waals surface area contributed by atoms with Crippen LogP contribution in [-0.2, 0) is 14.4 Å². The number of nitrogens with zero attached hydrogens (tertiary/aromatic N) is 1. The largest absolute Gasteiger partial charge is 0.494 e. The summed E-state index contributed by atoms with van der Waals surface area (Å²) in [5.41, 5.74) is 4.15. The summed E-state index contributed by atoms with van der Waals surface area (Å²) in [5.74, 6) is -1.45. The molecule has 3 amide bonds. The van der Waals surface area contributed by atoms with Crippen molar-refractivity contribution in [2.75, 3.05) is 17.2 Å². The fourth-order valence-corrected chi connectivity index (χ4v) is 2.57. The number of amides is 3. The average Bonchev–Trinajstić information content (AvgIpc) is 2.71. The van der Waals surface area contributed by atoms with Crippen LogP contribution in [0.1, 0.15) is 25.8 Å². The molecule has 158 valence electrons. The third-order valence-corrected chi connectivity index (χ3v) is 4.35. The number of rotatable bonds is 7. The Balaban J connectivity index is 1.84. The summed E-state index contributed by atoms with van der Waals surface area (Å²) < 4.78 is 5.34. The summed E-state index contributed by atoms with van der Waals surface area (Å²) >= 11 is 5.99. The molecule has 0 fully saturated rings. The van der Waals surface area contributed by atoms with Crippen LogP contribution in [0.2, 0.25) is 5.02 Å². The molecule has 0 spiro atoms. The molecule has 0 aromatic heterocycles. The zero-order valence-corrected chi connectivity index (χ0v) is 17.7. The van der Waals surface area contributed by atoms with Crippen molar-refractivity contribution in [3.63, 3.8) is 0 Å². The molecule has 3 N–H and O–H groups in total. The molecule has 0 saturated heterocycles. The topological polar surface area (TPSA) is 109 Å². The van der Waals surface area contributed by atoms with Gasteiger partial charge in [0.2, 0.25) is 5.91 Å². The minimum absolute atomic E-state index is 0.0531. The van der Waals surface area contributed by atoms with Crippen LogP contribution in [0.4, 0.5) is 11.4 Å². The van der Waals surface area contributed by atoms with Gasteiger partial charge < -0.3 is 15.4 Å². The molecule has 8 nitrogen and oxygen atoms in total. The van der Waals surface area contributed by atoms with Crippen LogP contribution < -0.4 is 20.8 Å². The maximum absolute atomic E-state index is 12.1. The van der Waals surface area contributed by atoms with Gasteiger partial charge in [-0.2, -0.15) is 5.10 Å². The Morgan fingerprint density at radius 2 is 1.73 bits per heavy atom. The van der Waals surface area contributed by atoms with Gasteiger partial charge in [-0.05, 0) is 62.7 Å². The van der Waals surface area contributed by atoms with E-state index in [9.17, 15) is 14.4 Å². The minimum Gasteiger partial charge on any atom is -0.494 e. The number of benzene rings is 2. The molecule has 0 aliphatic rings. The number of halogens is 1. The molecule has 2 rings (SSSR count). The molecule has 9 heteroatoms. The van der Waals surface area contributed by atoms with Gasteiger partial charge in [0, 0.05) is 22.1 Å². The number of hydrogen-bond acceptors (Lipinski definition) is 5.